The van der Waals surface area contributed by atoms with Crippen molar-refractivity contribution in [2.45, 2.75) is 53.1 Å². The molecule has 0 saturated heterocycles. The molecule has 0 bridgehead atoms. The monoisotopic (exact) mass is 396 g/mol. The van der Waals surface area contributed by atoms with Crippen LogP contribution in [0.1, 0.15) is 41.0 Å². The number of ether oxygens (including phenoxy) is 2. The molecule has 0 aliphatic carbocycles. The highest BCUT2D eigenvalue weighted by Gasteiger charge is 2.32. The predicted octanol–water partition coefficient (Wildman–Crippen LogP) is 3.58. The molecule has 1 atom stereocenters. The smallest absolute Gasteiger partial charge is 0.259 e. The van der Waals surface area contributed by atoms with E-state index in [4.69, 9.17) is 36.6 Å². The summed E-state index contributed by atoms with van der Waals surface area (Å²) in [5.74, 6) is 4.92. The lowest BCUT2D eigenvalue weighted by molar-refractivity contribution is -0.0244. The Balaban J connectivity index is 5.11. The van der Waals surface area contributed by atoms with E-state index in [2.05, 4.69) is 50.3 Å². The van der Waals surface area contributed by atoms with Gasteiger partial charge in [0.1, 0.15) is 13.2 Å². The highest BCUT2D eigenvalue weighted by atomic mass is 31.2. The number of rotatable bonds is 15. The summed E-state index contributed by atoms with van der Waals surface area (Å²) in [7, 11) is -1.33. The number of terminal acetylenes is 2. The summed E-state index contributed by atoms with van der Waals surface area (Å²) in [6.07, 6.45) is 10.8. The third-order valence-electron chi connectivity index (χ3n) is 3.46. The van der Waals surface area contributed by atoms with Gasteiger partial charge in [-0.25, -0.2) is 4.67 Å². The molecule has 0 aromatic heterocycles. The van der Waals surface area contributed by atoms with Crippen LogP contribution in [0.15, 0.2) is 0 Å². The van der Waals surface area contributed by atoms with Crippen molar-refractivity contribution in [2.75, 3.05) is 39.6 Å². The van der Waals surface area contributed by atoms with Crippen LogP contribution in [0.3, 0.4) is 0 Å². The van der Waals surface area contributed by atoms with Crippen LogP contribution in [0.2, 0.25) is 0 Å². The van der Waals surface area contributed by atoms with Gasteiger partial charge in [0.2, 0.25) is 0 Å². The van der Waals surface area contributed by atoms with Crippen LogP contribution < -0.4 is 0 Å². The number of hydrogen-bond donors (Lipinski definition) is 0. The minimum absolute atomic E-state index is 0.224. The van der Waals surface area contributed by atoms with Gasteiger partial charge in [-0.05, 0) is 27.7 Å². The summed E-state index contributed by atoms with van der Waals surface area (Å²) in [6.45, 7) is 12.3. The fraction of sp³-hybridized carbons (Fsp3) is 0.750. The van der Waals surface area contributed by atoms with E-state index in [1.54, 1.807) is 0 Å². The van der Waals surface area contributed by atoms with Gasteiger partial charge in [0.25, 0.3) is 8.53 Å². The molecule has 0 aromatic rings. The van der Waals surface area contributed by atoms with Gasteiger partial charge in [-0.1, -0.05) is 18.8 Å². The molecule has 0 rings (SSSR count). The summed E-state index contributed by atoms with van der Waals surface area (Å²) >= 11 is 0. The standard InChI is InChI=1S/C20H33N2O4P/c1-8-12-23-15-20(7,16-24-13-9-2)17-26-27(25-14-10-11-21)22(18(3)4)19(5)6/h1-2,18-19H,10,12-17H2,3-7H3. The lowest BCUT2D eigenvalue weighted by atomic mass is 9.94. The maximum Gasteiger partial charge on any atom is 0.259 e. The molecule has 0 fully saturated rings. The lowest BCUT2D eigenvalue weighted by Crippen LogP contribution is -2.37. The van der Waals surface area contributed by atoms with Gasteiger partial charge in [0.05, 0.1) is 38.9 Å². The van der Waals surface area contributed by atoms with Crippen molar-refractivity contribution in [2.24, 2.45) is 5.41 Å². The van der Waals surface area contributed by atoms with Crippen LogP contribution in [0.5, 0.6) is 0 Å². The van der Waals surface area contributed by atoms with Crippen molar-refractivity contribution in [1.82, 2.24) is 4.67 Å². The van der Waals surface area contributed by atoms with E-state index >= 15 is 0 Å². The molecule has 1 unspecified atom stereocenters. The first-order valence-corrected chi connectivity index (χ1v) is 10.2. The Bertz CT molecular complexity index is 492. The summed E-state index contributed by atoms with van der Waals surface area (Å²) < 4.78 is 25.3. The minimum atomic E-state index is -1.33. The molecule has 0 N–H and O–H groups in total. The Kier molecular flexibility index (Phi) is 14.2. The maximum atomic E-state index is 8.79. The van der Waals surface area contributed by atoms with Crippen molar-refractivity contribution in [3.63, 3.8) is 0 Å². The fourth-order valence-electron chi connectivity index (χ4n) is 2.36. The molecule has 27 heavy (non-hydrogen) atoms. The number of nitriles is 1. The van der Waals surface area contributed by atoms with Gasteiger partial charge in [-0.3, -0.25) is 0 Å². The van der Waals surface area contributed by atoms with Crippen molar-refractivity contribution in [3.05, 3.63) is 0 Å². The second-order valence-electron chi connectivity index (χ2n) is 7.02. The molecule has 0 saturated carbocycles. The molecule has 0 radical (unpaired) electrons. The van der Waals surface area contributed by atoms with Gasteiger partial charge in [-0.2, -0.15) is 5.26 Å². The van der Waals surface area contributed by atoms with Crippen LogP contribution >= 0.6 is 8.53 Å². The molecule has 0 amide bonds. The quantitative estimate of drug-likeness (QED) is 0.239. The van der Waals surface area contributed by atoms with Crippen LogP contribution in [0.25, 0.3) is 0 Å². The van der Waals surface area contributed by atoms with Crippen molar-refractivity contribution in [3.8, 4) is 30.8 Å². The van der Waals surface area contributed by atoms with Crippen LogP contribution in [0.4, 0.5) is 0 Å². The number of hydrogen-bond acceptors (Lipinski definition) is 6. The van der Waals surface area contributed by atoms with Crippen molar-refractivity contribution in [1.29, 1.82) is 5.26 Å². The van der Waals surface area contributed by atoms with Gasteiger partial charge in [0.15, 0.2) is 0 Å². The zero-order valence-corrected chi connectivity index (χ0v) is 18.1. The largest absolute Gasteiger partial charge is 0.368 e. The molecule has 6 nitrogen and oxygen atoms in total. The van der Waals surface area contributed by atoms with E-state index in [-0.39, 0.29) is 25.3 Å². The van der Waals surface area contributed by atoms with E-state index in [1.807, 2.05) is 6.92 Å². The molecule has 0 aromatic carbocycles. The predicted molar refractivity (Wildman–Crippen MR) is 109 cm³/mol. The average molecular weight is 396 g/mol. The van der Waals surface area contributed by atoms with E-state index in [1.165, 1.54) is 0 Å². The van der Waals surface area contributed by atoms with E-state index < -0.39 is 13.9 Å². The Hall–Kier alpha value is -1.16. The summed E-state index contributed by atoms with van der Waals surface area (Å²) in [4.78, 5) is 0. The molecule has 0 heterocycles. The highest BCUT2D eigenvalue weighted by molar-refractivity contribution is 7.44. The first-order valence-electron chi connectivity index (χ1n) is 9.05. The van der Waals surface area contributed by atoms with Gasteiger partial charge < -0.3 is 18.5 Å². The molecule has 0 spiro atoms. The SMILES string of the molecule is C#CCOCC(C)(COCC#C)COP(OCCC#N)N(C(C)C)C(C)C. The molecular weight excluding hydrogens is 363 g/mol. The highest BCUT2D eigenvalue weighted by Crippen LogP contribution is 2.47. The minimum Gasteiger partial charge on any atom is -0.368 e. The van der Waals surface area contributed by atoms with Crippen molar-refractivity contribution >= 4 is 8.53 Å². The third-order valence-corrected chi connectivity index (χ3v) is 5.51. The summed E-state index contributed by atoms with van der Waals surface area (Å²) in [6, 6.07) is 2.57. The fourth-order valence-corrected chi connectivity index (χ4v) is 4.13. The number of nitrogens with zero attached hydrogens (tertiary/aromatic N) is 2. The Labute approximate surface area is 166 Å². The third kappa shape index (κ3) is 11.3. The average Bonchev–Trinajstić information content (AvgIpc) is 2.59. The first kappa shape index (κ1) is 25.8. The molecule has 0 aliphatic rings. The summed E-state index contributed by atoms with van der Waals surface area (Å²) in [5.41, 5.74) is -0.424. The van der Waals surface area contributed by atoms with Gasteiger partial charge in [0, 0.05) is 17.5 Å². The normalized spacial score (nSPS) is 12.8. The molecule has 0 aliphatic heterocycles. The van der Waals surface area contributed by atoms with Gasteiger partial charge >= 0.3 is 0 Å². The Morgan fingerprint density at radius 1 is 0.963 bits per heavy atom. The van der Waals surface area contributed by atoms with Gasteiger partial charge in [-0.15, -0.1) is 12.8 Å². The van der Waals surface area contributed by atoms with Crippen LogP contribution in [-0.4, -0.2) is 56.4 Å². The van der Waals surface area contributed by atoms with E-state index in [0.717, 1.165) is 0 Å². The Morgan fingerprint density at radius 2 is 1.48 bits per heavy atom. The van der Waals surface area contributed by atoms with E-state index in [9.17, 15) is 0 Å². The molecular formula is C20H33N2O4P. The second-order valence-corrected chi connectivity index (χ2v) is 8.48. The zero-order valence-electron chi connectivity index (χ0n) is 17.2. The first-order chi connectivity index (χ1) is 12.8. The summed E-state index contributed by atoms with van der Waals surface area (Å²) in [5, 5.41) is 8.79. The van der Waals surface area contributed by atoms with Crippen LogP contribution in [-0.2, 0) is 18.5 Å². The Morgan fingerprint density at radius 3 is 1.89 bits per heavy atom. The lowest BCUT2D eigenvalue weighted by Gasteiger charge is -2.37. The maximum absolute atomic E-state index is 8.79. The van der Waals surface area contributed by atoms with E-state index in [0.29, 0.717) is 32.8 Å². The zero-order chi connectivity index (χ0) is 20.7. The second kappa shape index (κ2) is 14.8. The van der Waals surface area contributed by atoms with Crippen LogP contribution in [0, 0.1) is 41.4 Å². The molecule has 152 valence electrons. The molecule has 7 heteroatoms. The topological polar surface area (TPSA) is 64.0 Å². The van der Waals surface area contributed by atoms with Crippen molar-refractivity contribution < 1.29 is 18.5 Å².